The molecule has 2 rings (SSSR count). The van der Waals surface area contributed by atoms with E-state index in [-0.39, 0.29) is 11.9 Å². The molecule has 22 heavy (non-hydrogen) atoms. The average molecular weight is 310 g/mol. The number of morpholine rings is 1. The topological polar surface area (TPSA) is 78.1 Å². The quantitative estimate of drug-likeness (QED) is 0.817. The molecule has 1 aliphatic rings. The Morgan fingerprint density at radius 2 is 2.05 bits per heavy atom. The Labute approximate surface area is 129 Å². The van der Waals surface area contributed by atoms with Gasteiger partial charge in [0.25, 0.3) is 0 Å². The zero-order valence-electron chi connectivity index (χ0n) is 13.1. The maximum absolute atomic E-state index is 12.2. The summed E-state index contributed by atoms with van der Waals surface area (Å²) in [6, 6.07) is 3.47. The fourth-order valence-corrected chi connectivity index (χ4v) is 2.38. The number of carbonyl (C=O) groups excluding carboxylic acids is 1. The molecule has 0 saturated carbocycles. The van der Waals surface area contributed by atoms with Crippen molar-refractivity contribution in [3.8, 4) is 17.2 Å². The first-order valence-corrected chi connectivity index (χ1v) is 7.09. The predicted octanol–water partition coefficient (Wildman–Crippen LogP) is 1.03. The van der Waals surface area contributed by atoms with E-state index in [2.05, 4.69) is 10.6 Å². The highest BCUT2D eigenvalue weighted by Crippen LogP contribution is 2.42. The van der Waals surface area contributed by atoms with Gasteiger partial charge in [0.2, 0.25) is 11.7 Å². The highest BCUT2D eigenvalue weighted by atomic mass is 16.5. The zero-order valence-corrected chi connectivity index (χ0v) is 13.1. The molecule has 1 saturated heterocycles. The van der Waals surface area contributed by atoms with Crippen LogP contribution in [0.15, 0.2) is 12.1 Å². The summed E-state index contributed by atoms with van der Waals surface area (Å²) >= 11 is 0. The van der Waals surface area contributed by atoms with Crippen LogP contribution in [-0.4, -0.2) is 53.0 Å². The number of amides is 1. The molecule has 0 radical (unpaired) electrons. The van der Waals surface area contributed by atoms with Crippen LogP contribution in [0.2, 0.25) is 0 Å². The molecule has 1 fully saturated rings. The van der Waals surface area contributed by atoms with E-state index < -0.39 is 0 Å². The van der Waals surface area contributed by atoms with Crippen LogP contribution < -0.4 is 24.8 Å². The summed E-state index contributed by atoms with van der Waals surface area (Å²) in [5.41, 5.74) is 0.543. The van der Waals surface area contributed by atoms with Crippen LogP contribution in [0, 0.1) is 0 Å². The molecule has 1 aromatic carbocycles. The fraction of sp³-hybridized carbons (Fsp3) is 0.533. The van der Waals surface area contributed by atoms with Gasteiger partial charge in [0, 0.05) is 19.0 Å². The second-order valence-electron chi connectivity index (χ2n) is 4.86. The van der Waals surface area contributed by atoms with Crippen LogP contribution in [0.1, 0.15) is 6.42 Å². The average Bonchev–Trinajstić information content (AvgIpc) is 2.55. The number of hydrogen-bond donors (Lipinski definition) is 2. The number of rotatable bonds is 6. The minimum atomic E-state index is -0.117. The Morgan fingerprint density at radius 1 is 1.27 bits per heavy atom. The van der Waals surface area contributed by atoms with E-state index in [0.29, 0.717) is 42.6 Å². The molecule has 2 N–H and O–H groups in total. The summed E-state index contributed by atoms with van der Waals surface area (Å²) in [5.74, 6) is 1.30. The van der Waals surface area contributed by atoms with Gasteiger partial charge in [-0.1, -0.05) is 0 Å². The summed E-state index contributed by atoms with van der Waals surface area (Å²) in [7, 11) is 4.59. The van der Waals surface area contributed by atoms with Crippen LogP contribution in [-0.2, 0) is 9.53 Å². The maximum atomic E-state index is 12.2. The van der Waals surface area contributed by atoms with E-state index in [4.69, 9.17) is 18.9 Å². The molecule has 0 bridgehead atoms. The van der Waals surface area contributed by atoms with Crippen molar-refractivity contribution >= 4 is 11.6 Å². The summed E-state index contributed by atoms with van der Waals surface area (Å²) in [5, 5.41) is 6.08. The van der Waals surface area contributed by atoms with Gasteiger partial charge in [0.1, 0.15) is 0 Å². The van der Waals surface area contributed by atoms with Crippen molar-refractivity contribution < 1.29 is 23.7 Å². The number of anilines is 1. The fourth-order valence-electron chi connectivity index (χ4n) is 2.38. The molecule has 1 aromatic rings. The van der Waals surface area contributed by atoms with Crippen LogP contribution in [0.4, 0.5) is 5.69 Å². The van der Waals surface area contributed by atoms with Crippen LogP contribution in [0.3, 0.4) is 0 Å². The number of nitrogens with one attached hydrogen (secondary N) is 2. The highest BCUT2D eigenvalue weighted by molar-refractivity contribution is 5.93. The van der Waals surface area contributed by atoms with E-state index in [9.17, 15) is 4.79 Å². The first-order chi connectivity index (χ1) is 10.7. The number of ether oxygens (including phenoxy) is 4. The number of hydrogen-bond acceptors (Lipinski definition) is 6. The van der Waals surface area contributed by atoms with Crippen LogP contribution in [0.5, 0.6) is 17.2 Å². The van der Waals surface area contributed by atoms with Gasteiger partial charge in [-0.25, -0.2) is 0 Å². The maximum Gasteiger partial charge on any atom is 0.226 e. The molecule has 122 valence electrons. The zero-order chi connectivity index (χ0) is 15.9. The Balaban J connectivity index is 2.09. The second-order valence-corrected chi connectivity index (χ2v) is 4.86. The lowest BCUT2D eigenvalue weighted by Crippen LogP contribution is -2.43. The first-order valence-electron chi connectivity index (χ1n) is 7.09. The molecule has 7 nitrogen and oxygen atoms in total. The molecule has 0 spiro atoms. The van der Waals surface area contributed by atoms with Crippen LogP contribution in [0.25, 0.3) is 0 Å². The van der Waals surface area contributed by atoms with E-state index in [1.165, 1.54) is 14.2 Å². The third-order valence-electron chi connectivity index (χ3n) is 3.41. The number of benzene rings is 1. The van der Waals surface area contributed by atoms with Crippen molar-refractivity contribution in [3.05, 3.63) is 12.1 Å². The lowest BCUT2D eigenvalue weighted by molar-refractivity contribution is -0.117. The number of methoxy groups -OCH3 is 3. The monoisotopic (exact) mass is 310 g/mol. The minimum absolute atomic E-state index is 0.0277. The third kappa shape index (κ3) is 3.80. The Kier molecular flexibility index (Phi) is 5.85. The predicted molar refractivity (Wildman–Crippen MR) is 82.0 cm³/mol. The Hall–Kier alpha value is -1.99. The smallest absolute Gasteiger partial charge is 0.226 e. The van der Waals surface area contributed by atoms with Gasteiger partial charge in [-0.2, -0.15) is 0 Å². The van der Waals surface area contributed by atoms with Crippen molar-refractivity contribution in [3.63, 3.8) is 0 Å². The largest absolute Gasteiger partial charge is 0.493 e. The molecule has 0 aliphatic carbocycles. The highest BCUT2D eigenvalue weighted by Gasteiger charge is 2.20. The number of carbonyl (C=O) groups is 1. The molecule has 7 heteroatoms. The lowest BCUT2D eigenvalue weighted by atomic mass is 10.2. The SMILES string of the molecule is COc1ccc(NC(=O)CC2COCCN2)c(OC)c1OC. The van der Waals surface area contributed by atoms with Crippen molar-refractivity contribution in [2.24, 2.45) is 0 Å². The van der Waals surface area contributed by atoms with Gasteiger partial charge >= 0.3 is 0 Å². The van der Waals surface area contributed by atoms with E-state index in [0.717, 1.165) is 6.54 Å². The van der Waals surface area contributed by atoms with Gasteiger partial charge < -0.3 is 29.6 Å². The van der Waals surface area contributed by atoms with Gasteiger partial charge in [-0.05, 0) is 12.1 Å². The van der Waals surface area contributed by atoms with E-state index in [1.807, 2.05) is 0 Å². The summed E-state index contributed by atoms with van der Waals surface area (Å²) < 4.78 is 21.2. The minimum Gasteiger partial charge on any atom is -0.493 e. The van der Waals surface area contributed by atoms with Crippen molar-refractivity contribution in [2.75, 3.05) is 46.4 Å². The second kappa shape index (κ2) is 7.86. The molecule has 1 unspecified atom stereocenters. The molecule has 1 aliphatic heterocycles. The van der Waals surface area contributed by atoms with E-state index >= 15 is 0 Å². The third-order valence-corrected chi connectivity index (χ3v) is 3.41. The van der Waals surface area contributed by atoms with Crippen LogP contribution >= 0.6 is 0 Å². The van der Waals surface area contributed by atoms with Crippen molar-refractivity contribution in [2.45, 2.75) is 12.5 Å². The lowest BCUT2D eigenvalue weighted by Gasteiger charge is -2.23. The summed E-state index contributed by atoms with van der Waals surface area (Å²) in [6.45, 7) is 1.98. The molecule has 1 atom stereocenters. The molecule has 0 aromatic heterocycles. The molecular formula is C15H22N2O5. The van der Waals surface area contributed by atoms with Gasteiger partial charge in [-0.15, -0.1) is 0 Å². The molecule has 1 heterocycles. The first kappa shape index (κ1) is 16.4. The van der Waals surface area contributed by atoms with Gasteiger partial charge in [-0.3, -0.25) is 4.79 Å². The standard InChI is InChI=1S/C15H22N2O5/c1-19-12-5-4-11(14(20-2)15(12)21-3)17-13(18)8-10-9-22-7-6-16-10/h4-5,10,16H,6-9H2,1-3H3,(H,17,18). The Morgan fingerprint density at radius 3 is 2.64 bits per heavy atom. The Bertz CT molecular complexity index is 515. The molecular weight excluding hydrogens is 288 g/mol. The molecule has 1 amide bonds. The summed E-state index contributed by atoms with van der Waals surface area (Å²) in [4.78, 5) is 12.2. The van der Waals surface area contributed by atoms with Crippen molar-refractivity contribution in [1.29, 1.82) is 0 Å². The van der Waals surface area contributed by atoms with Crippen molar-refractivity contribution in [1.82, 2.24) is 5.32 Å². The normalized spacial score (nSPS) is 17.7. The summed E-state index contributed by atoms with van der Waals surface area (Å²) in [6.07, 6.45) is 0.331. The van der Waals surface area contributed by atoms with Gasteiger partial charge in [0.15, 0.2) is 11.5 Å². The van der Waals surface area contributed by atoms with Gasteiger partial charge in [0.05, 0.1) is 40.2 Å². The van der Waals surface area contributed by atoms with E-state index in [1.54, 1.807) is 19.2 Å².